The molecule has 0 amide bonds. The number of ether oxygens (including phenoxy) is 4. The van der Waals surface area contributed by atoms with E-state index in [9.17, 15) is 24.6 Å². The number of alkyl halides is 1. The number of hydrogen-bond donors (Lipinski definition) is 2. The van der Waals surface area contributed by atoms with Crippen molar-refractivity contribution in [2.24, 2.45) is 5.92 Å². The molecule has 9 nitrogen and oxygen atoms in total. The monoisotopic (exact) mass is 458 g/mol. The van der Waals surface area contributed by atoms with E-state index in [0.29, 0.717) is 12.8 Å². The van der Waals surface area contributed by atoms with Crippen LogP contribution in [0.15, 0.2) is 23.0 Å². The van der Waals surface area contributed by atoms with Crippen molar-refractivity contribution in [2.75, 3.05) is 12.5 Å². The van der Waals surface area contributed by atoms with E-state index >= 15 is 0 Å². The van der Waals surface area contributed by atoms with Crippen LogP contribution in [0.2, 0.25) is 0 Å². The van der Waals surface area contributed by atoms with E-state index in [1.165, 1.54) is 13.8 Å². The van der Waals surface area contributed by atoms with Crippen molar-refractivity contribution in [2.45, 2.75) is 70.1 Å². The molecule has 5 atom stereocenters. The van der Waals surface area contributed by atoms with E-state index in [4.69, 9.17) is 30.5 Å². The Morgan fingerprint density at radius 3 is 2.68 bits per heavy atom. The second-order valence-corrected chi connectivity index (χ2v) is 9.04. The van der Waals surface area contributed by atoms with Crippen LogP contribution in [0.1, 0.15) is 47.0 Å². The lowest BCUT2D eigenvalue weighted by atomic mass is 9.85. The summed E-state index contributed by atoms with van der Waals surface area (Å²) in [6, 6.07) is 0. The largest absolute Gasteiger partial charge is 0.461 e. The third kappa shape index (κ3) is 4.64. The van der Waals surface area contributed by atoms with Gasteiger partial charge < -0.3 is 29.2 Å². The zero-order chi connectivity index (χ0) is 23.2. The highest BCUT2D eigenvalue weighted by Crippen LogP contribution is 2.47. The third-order valence-corrected chi connectivity index (χ3v) is 6.41. The van der Waals surface area contributed by atoms with Gasteiger partial charge in [0.05, 0.1) is 17.1 Å². The SMILES string of the molecule is CC(=O)OCC1=C2C(=C[C@@]3(C)CC[C@](O)(O3)[C@H](C)C[C@@H]2OC(=O)[C@@](C)(O)CCl)OC1=O. The molecular formula is C21H27ClO9. The van der Waals surface area contributed by atoms with E-state index in [2.05, 4.69) is 0 Å². The topological polar surface area (TPSA) is 129 Å². The molecule has 3 aliphatic heterocycles. The Bertz CT molecular complexity index is 861. The van der Waals surface area contributed by atoms with Crippen molar-refractivity contribution in [3.8, 4) is 0 Å². The molecule has 0 spiro atoms. The second kappa shape index (κ2) is 8.20. The first kappa shape index (κ1) is 23.7. The molecule has 3 aliphatic rings. The number of carbonyl (C=O) groups excluding carboxylic acids is 3. The van der Waals surface area contributed by atoms with Crippen molar-refractivity contribution >= 4 is 29.5 Å². The summed E-state index contributed by atoms with van der Waals surface area (Å²) in [6.07, 6.45) is 1.35. The lowest BCUT2D eigenvalue weighted by Gasteiger charge is -2.33. The number of carbonyl (C=O) groups is 3. The number of fused-ring (bicyclic) bond motifs is 3. The summed E-state index contributed by atoms with van der Waals surface area (Å²) in [6.45, 7) is 5.52. The van der Waals surface area contributed by atoms with Crippen LogP contribution in [0.5, 0.6) is 0 Å². The van der Waals surface area contributed by atoms with Gasteiger partial charge in [0.2, 0.25) is 0 Å². The van der Waals surface area contributed by atoms with Gasteiger partial charge >= 0.3 is 17.9 Å². The molecule has 0 aliphatic carbocycles. The summed E-state index contributed by atoms with van der Waals surface area (Å²) >= 11 is 5.69. The molecule has 0 unspecified atom stereocenters. The quantitative estimate of drug-likeness (QED) is 0.357. The molecule has 172 valence electrons. The van der Waals surface area contributed by atoms with Gasteiger partial charge in [0.15, 0.2) is 11.4 Å². The highest BCUT2D eigenvalue weighted by molar-refractivity contribution is 6.20. The Balaban J connectivity index is 2.11. The fraction of sp³-hybridized carbons (Fsp3) is 0.667. The Labute approximate surface area is 184 Å². The van der Waals surface area contributed by atoms with E-state index < -0.39 is 52.8 Å². The van der Waals surface area contributed by atoms with E-state index in [-0.39, 0.29) is 29.9 Å². The molecule has 0 aromatic heterocycles. The first-order valence-corrected chi connectivity index (χ1v) is 10.6. The Kier molecular flexibility index (Phi) is 6.27. The molecule has 0 aromatic carbocycles. The number of halogens is 1. The van der Waals surface area contributed by atoms with E-state index in [1.54, 1.807) is 19.9 Å². The zero-order valence-electron chi connectivity index (χ0n) is 17.9. The van der Waals surface area contributed by atoms with Gasteiger partial charge in [0.25, 0.3) is 0 Å². The van der Waals surface area contributed by atoms with Crippen molar-refractivity contribution in [1.82, 2.24) is 0 Å². The standard InChI is InChI=1S/C21H27ClO9/c1-11-7-14(30-18(25)20(4,26)10-22)16-13(9-28-12(2)23)17(24)29-15(16)8-19(3)5-6-21(11,27)31-19/h8,11,14,26-27H,5-7,9-10H2,1-4H3/t11-,14+,19-,20+,21+/m1/s1. The molecule has 10 heteroatoms. The average molecular weight is 459 g/mol. The first-order valence-electron chi connectivity index (χ1n) is 10.0. The molecule has 31 heavy (non-hydrogen) atoms. The van der Waals surface area contributed by atoms with Gasteiger partial charge in [-0.25, -0.2) is 9.59 Å². The Hall–Kier alpha value is -1.94. The van der Waals surface area contributed by atoms with Gasteiger partial charge in [0.1, 0.15) is 18.5 Å². The fourth-order valence-corrected chi connectivity index (χ4v) is 4.05. The van der Waals surface area contributed by atoms with Crippen molar-refractivity contribution in [3.63, 3.8) is 0 Å². The number of esters is 3. The predicted octanol–water partition coefficient (Wildman–Crippen LogP) is 1.49. The van der Waals surface area contributed by atoms with Crippen LogP contribution >= 0.6 is 11.6 Å². The Morgan fingerprint density at radius 1 is 1.39 bits per heavy atom. The number of hydrogen-bond acceptors (Lipinski definition) is 9. The van der Waals surface area contributed by atoms with Crippen molar-refractivity contribution < 1.29 is 43.5 Å². The van der Waals surface area contributed by atoms with Crippen LogP contribution < -0.4 is 0 Å². The summed E-state index contributed by atoms with van der Waals surface area (Å²) < 4.78 is 22.0. The summed E-state index contributed by atoms with van der Waals surface area (Å²) in [5, 5.41) is 21.3. The minimum absolute atomic E-state index is 0.0188. The molecule has 1 saturated heterocycles. The zero-order valence-corrected chi connectivity index (χ0v) is 18.7. The van der Waals surface area contributed by atoms with Gasteiger partial charge in [-0.15, -0.1) is 11.6 Å². The molecule has 3 rings (SSSR count). The maximum absolute atomic E-state index is 12.6. The molecule has 0 aromatic rings. The van der Waals surface area contributed by atoms with Crippen LogP contribution in [0.4, 0.5) is 0 Å². The van der Waals surface area contributed by atoms with Gasteiger partial charge in [-0.05, 0) is 32.8 Å². The lowest BCUT2D eigenvalue weighted by molar-refractivity contribution is -0.239. The van der Waals surface area contributed by atoms with Crippen molar-refractivity contribution in [1.29, 1.82) is 0 Å². The molecule has 3 heterocycles. The summed E-state index contributed by atoms with van der Waals surface area (Å²) in [5.74, 6) is -4.63. The summed E-state index contributed by atoms with van der Waals surface area (Å²) in [7, 11) is 0. The van der Waals surface area contributed by atoms with Gasteiger partial charge in [-0.1, -0.05) is 6.92 Å². The minimum Gasteiger partial charge on any atom is -0.461 e. The fourth-order valence-electron chi connectivity index (χ4n) is 3.95. The third-order valence-electron chi connectivity index (χ3n) is 5.89. The summed E-state index contributed by atoms with van der Waals surface area (Å²) in [4.78, 5) is 36.5. The minimum atomic E-state index is -1.97. The average Bonchev–Trinajstić information content (AvgIpc) is 3.15. The number of rotatable bonds is 5. The van der Waals surface area contributed by atoms with Gasteiger partial charge in [0, 0.05) is 24.8 Å². The maximum atomic E-state index is 12.6. The lowest BCUT2D eigenvalue weighted by Crippen LogP contribution is -2.43. The highest BCUT2D eigenvalue weighted by atomic mass is 35.5. The molecule has 0 saturated carbocycles. The van der Waals surface area contributed by atoms with Gasteiger partial charge in [-0.2, -0.15) is 0 Å². The highest BCUT2D eigenvalue weighted by Gasteiger charge is 2.52. The van der Waals surface area contributed by atoms with Crippen LogP contribution in [0, 0.1) is 5.92 Å². The Morgan fingerprint density at radius 2 is 2.06 bits per heavy atom. The molecule has 1 fully saturated rings. The predicted molar refractivity (Wildman–Crippen MR) is 107 cm³/mol. The van der Waals surface area contributed by atoms with Crippen LogP contribution in [0.25, 0.3) is 0 Å². The van der Waals surface area contributed by atoms with Gasteiger partial charge in [-0.3, -0.25) is 4.79 Å². The second-order valence-electron chi connectivity index (χ2n) is 8.77. The first-order chi connectivity index (χ1) is 14.3. The number of aliphatic hydroxyl groups is 2. The van der Waals surface area contributed by atoms with Crippen LogP contribution in [-0.4, -0.2) is 63.7 Å². The normalized spacial score (nSPS) is 34.5. The van der Waals surface area contributed by atoms with Crippen LogP contribution in [-0.2, 0) is 33.3 Å². The molecule has 2 bridgehead atoms. The molecule has 0 radical (unpaired) electrons. The van der Waals surface area contributed by atoms with Crippen LogP contribution in [0.3, 0.4) is 0 Å². The summed E-state index contributed by atoms with van der Waals surface area (Å²) in [5.41, 5.74) is -2.66. The maximum Gasteiger partial charge on any atom is 0.343 e. The van der Waals surface area contributed by atoms with E-state index in [0.717, 1.165) is 0 Å². The van der Waals surface area contributed by atoms with E-state index in [1.807, 2.05) is 0 Å². The smallest absolute Gasteiger partial charge is 0.343 e. The molecule has 2 N–H and O–H groups in total. The molecular weight excluding hydrogens is 432 g/mol. The van der Waals surface area contributed by atoms with Crippen molar-refractivity contribution in [3.05, 3.63) is 23.0 Å².